The molecule has 0 aromatic heterocycles. The second kappa shape index (κ2) is 110. The van der Waals surface area contributed by atoms with Gasteiger partial charge in [0.25, 0.3) is 0 Å². The monoisotopic (exact) mass is 77.0 g/mol. The molecular formula is C2H5O3-. The number of carboxylic acid groups (broad SMARTS) is 1. The van der Waals surface area contributed by atoms with E-state index in [9.17, 15) is 0 Å². The first kappa shape index (κ1) is 8.83. The fourth-order valence-electron chi connectivity index (χ4n) is 0. The standard InChI is InChI=1S/CH2O2.CH4O/c2-1-3;1-2/h1H,(H,2,3);2H,1H3/p-1. The normalized spacial score (nSPS) is 3.60. The highest BCUT2D eigenvalue weighted by atomic mass is 16.3. The lowest BCUT2D eigenvalue weighted by molar-refractivity contribution is -0.283. The third-order valence-corrected chi connectivity index (χ3v) is 0. The molecule has 0 atom stereocenters. The Balaban J connectivity index is 0. The van der Waals surface area contributed by atoms with Gasteiger partial charge in [-0.3, -0.25) is 0 Å². The average Bonchev–Trinajstić information content (AvgIpc) is 1.46. The van der Waals surface area contributed by atoms with Crippen molar-refractivity contribution in [2.75, 3.05) is 7.11 Å². The van der Waals surface area contributed by atoms with Crippen molar-refractivity contribution in [3.63, 3.8) is 0 Å². The van der Waals surface area contributed by atoms with Gasteiger partial charge in [0, 0.05) is 13.6 Å². The zero-order valence-electron chi connectivity index (χ0n) is 2.84. The lowest BCUT2D eigenvalue weighted by Gasteiger charge is -1.52. The van der Waals surface area contributed by atoms with Gasteiger partial charge < -0.3 is 15.0 Å². The van der Waals surface area contributed by atoms with E-state index in [1.54, 1.807) is 0 Å². The van der Waals surface area contributed by atoms with E-state index in [1.807, 2.05) is 0 Å². The Morgan fingerprint density at radius 2 is 1.80 bits per heavy atom. The van der Waals surface area contributed by atoms with Gasteiger partial charge in [-0.1, -0.05) is 0 Å². The van der Waals surface area contributed by atoms with Crippen molar-refractivity contribution < 1.29 is 15.0 Å². The van der Waals surface area contributed by atoms with E-state index >= 15 is 0 Å². The Morgan fingerprint density at radius 1 is 1.80 bits per heavy atom. The zero-order valence-corrected chi connectivity index (χ0v) is 2.84. The van der Waals surface area contributed by atoms with Crippen molar-refractivity contribution in [1.29, 1.82) is 0 Å². The van der Waals surface area contributed by atoms with E-state index < -0.39 is 6.47 Å². The van der Waals surface area contributed by atoms with Gasteiger partial charge in [0.1, 0.15) is 0 Å². The summed E-state index contributed by atoms with van der Waals surface area (Å²) in [6.07, 6.45) is 0. The Morgan fingerprint density at radius 3 is 1.80 bits per heavy atom. The first-order valence-electron chi connectivity index (χ1n) is 0.919. The van der Waals surface area contributed by atoms with Crippen LogP contribution in [-0.4, -0.2) is 18.7 Å². The predicted molar refractivity (Wildman–Crippen MR) is 14.2 cm³/mol. The Hall–Kier alpha value is -0.570. The van der Waals surface area contributed by atoms with Crippen molar-refractivity contribution in [3.05, 3.63) is 0 Å². The molecule has 0 heterocycles. The highest BCUT2D eigenvalue weighted by Crippen LogP contribution is 0.757. The van der Waals surface area contributed by atoms with E-state index in [4.69, 9.17) is 15.0 Å². The molecule has 0 aliphatic carbocycles. The van der Waals surface area contributed by atoms with Gasteiger partial charge in [-0.05, 0) is 0 Å². The minimum absolute atomic E-state index is 0.500. The summed E-state index contributed by atoms with van der Waals surface area (Å²) in [5, 5.41) is 15.2. The second-order valence-corrected chi connectivity index (χ2v) is 0.0962. The number of hydrogen-bond donors (Lipinski definition) is 1. The van der Waals surface area contributed by atoms with Gasteiger partial charge in [0.15, 0.2) is 0 Å². The summed E-state index contributed by atoms with van der Waals surface area (Å²) in [7, 11) is 1.00. The van der Waals surface area contributed by atoms with Gasteiger partial charge in [0.05, 0.1) is 0 Å². The highest BCUT2D eigenvalue weighted by Gasteiger charge is 0.996. The van der Waals surface area contributed by atoms with Gasteiger partial charge in [-0.25, -0.2) is 0 Å². The van der Waals surface area contributed by atoms with Gasteiger partial charge >= 0.3 is 0 Å². The molecule has 5 heavy (non-hydrogen) atoms. The second-order valence-electron chi connectivity index (χ2n) is 0.0962. The quantitative estimate of drug-likeness (QED) is 0.339. The fraction of sp³-hybridized carbons (Fsp3) is 0.500. The molecule has 0 bridgehead atoms. The van der Waals surface area contributed by atoms with Crippen molar-refractivity contribution in [2.24, 2.45) is 0 Å². The van der Waals surface area contributed by atoms with Crippen LogP contribution in [0.5, 0.6) is 0 Å². The summed E-state index contributed by atoms with van der Waals surface area (Å²) in [5.41, 5.74) is 0. The number of carbonyl (C=O) groups excluding carboxylic acids is 1. The first-order valence-corrected chi connectivity index (χ1v) is 0.919. The molecule has 3 heteroatoms. The summed E-state index contributed by atoms with van der Waals surface area (Å²) in [6, 6.07) is 0. The first-order chi connectivity index (χ1) is 2.41. The van der Waals surface area contributed by atoms with Crippen molar-refractivity contribution in [2.45, 2.75) is 0 Å². The predicted octanol–water partition coefficient (Wildman–Crippen LogP) is -2.03. The Kier molecular flexibility index (Phi) is 193. The van der Waals surface area contributed by atoms with Crippen LogP contribution in [0.25, 0.3) is 0 Å². The van der Waals surface area contributed by atoms with Crippen LogP contribution >= 0.6 is 0 Å². The van der Waals surface area contributed by atoms with Crippen molar-refractivity contribution in [1.82, 2.24) is 0 Å². The van der Waals surface area contributed by atoms with Crippen LogP contribution < -0.4 is 5.11 Å². The van der Waals surface area contributed by atoms with E-state index in [0.29, 0.717) is 0 Å². The molecule has 0 fully saturated rings. The summed E-state index contributed by atoms with van der Waals surface area (Å²) in [6.45, 7) is -0.500. The maximum atomic E-state index is 8.25. The number of rotatable bonds is 0. The molecule has 0 rings (SSSR count). The summed E-state index contributed by atoms with van der Waals surface area (Å²) >= 11 is 0. The summed E-state index contributed by atoms with van der Waals surface area (Å²) in [5.74, 6) is 0. The minimum Gasteiger partial charge on any atom is -0.554 e. The molecule has 1 N–H and O–H groups in total. The van der Waals surface area contributed by atoms with Gasteiger partial charge in [0.2, 0.25) is 0 Å². The number of carbonyl (C=O) groups is 1. The van der Waals surface area contributed by atoms with E-state index in [-0.39, 0.29) is 0 Å². The molecule has 0 aliphatic rings. The topological polar surface area (TPSA) is 60.4 Å². The van der Waals surface area contributed by atoms with Crippen LogP contribution in [0.3, 0.4) is 0 Å². The van der Waals surface area contributed by atoms with Crippen LogP contribution in [0.15, 0.2) is 0 Å². The molecule has 32 valence electrons. The van der Waals surface area contributed by atoms with Crippen LogP contribution in [0.4, 0.5) is 0 Å². The Labute approximate surface area is 29.9 Å². The molecule has 0 aromatic rings. The number of aliphatic hydroxyl groups excluding tert-OH is 1. The van der Waals surface area contributed by atoms with E-state index in [1.165, 1.54) is 0 Å². The Bertz CT molecular complexity index is 12.4. The molecular weight excluding hydrogens is 72.0 g/mol. The number of aliphatic hydroxyl groups is 1. The zero-order chi connectivity index (χ0) is 4.71. The molecule has 0 unspecified atom stereocenters. The van der Waals surface area contributed by atoms with Crippen molar-refractivity contribution >= 4 is 6.47 Å². The molecule has 0 radical (unpaired) electrons. The summed E-state index contributed by atoms with van der Waals surface area (Å²) < 4.78 is 0. The summed E-state index contributed by atoms with van der Waals surface area (Å²) in [4.78, 5) is 8.25. The fourth-order valence-corrected chi connectivity index (χ4v) is 0. The number of hydrogen-bond acceptors (Lipinski definition) is 3. The average molecular weight is 77.1 g/mol. The lowest BCUT2D eigenvalue weighted by Crippen LogP contribution is -2.01. The van der Waals surface area contributed by atoms with E-state index in [0.717, 1.165) is 7.11 Å². The van der Waals surface area contributed by atoms with Crippen LogP contribution in [0.2, 0.25) is 0 Å². The molecule has 0 amide bonds. The van der Waals surface area contributed by atoms with Crippen LogP contribution in [0.1, 0.15) is 0 Å². The molecule has 0 spiro atoms. The maximum absolute atomic E-state index is 8.25. The largest absolute Gasteiger partial charge is 0.554 e. The molecule has 0 saturated heterocycles. The molecule has 3 nitrogen and oxygen atoms in total. The van der Waals surface area contributed by atoms with Crippen LogP contribution in [-0.2, 0) is 4.79 Å². The smallest absolute Gasteiger partial charge is 0.0319 e. The maximum Gasteiger partial charge on any atom is 0.0319 e. The van der Waals surface area contributed by atoms with E-state index in [2.05, 4.69) is 0 Å². The molecule has 0 saturated carbocycles. The van der Waals surface area contributed by atoms with Crippen LogP contribution in [0, 0.1) is 0 Å². The van der Waals surface area contributed by atoms with Gasteiger partial charge in [-0.15, -0.1) is 0 Å². The SMILES string of the molecule is CO.O=C[O-]. The minimum atomic E-state index is -0.500. The molecule has 0 aromatic carbocycles. The van der Waals surface area contributed by atoms with Crippen molar-refractivity contribution in [3.8, 4) is 0 Å². The third-order valence-electron chi connectivity index (χ3n) is 0. The lowest BCUT2D eigenvalue weighted by atomic mass is 11.7. The van der Waals surface area contributed by atoms with Gasteiger partial charge in [-0.2, -0.15) is 0 Å². The molecule has 0 aliphatic heterocycles. The third kappa shape index (κ3) is 21.6. The highest BCUT2D eigenvalue weighted by molar-refractivity contribution is 5.29.